The molecule has 0 bridgehead atoms. The van der Waals surface area contributed by atoms with Crippen molar-refractivity contribution in [3.8, 4) is 11.5 Å². The summed E-state index contributed by atoms with van der Waals surface area (Å²) in [6.45, 7) is 6.96. The van der Waals surface area contributed by atoms with E-state index in [2.05, 4.69) is 0 Å². The van der Waals surface area contributed by atoms with E-state index >= 15 is 0 Å². The highest BCUT2D eigenvalue weighted by atomic mass is 32.2. The first-order valence-corrected chi connectivity index (χ1v) is 10.1. The lowest BCUT2D eigenvalue weighted by atomic mass is 10.1. The number of aryl methyl sites for hydroxylation is 1. The number of carbonyl (C=O) groups excluding carboxylic acids is 1. The van der Waals surface area contributed by atoms with E-state index < -0.39 is 0 Å². The third-order valence-corrected chi connectivity index (χ3v) is 5.35. The Balaban J connectivity index is 2.00. The summed E-state index contributed by atoms with van der Waals surface area (Å²) in [6.07, 6.45) is 1.85. The van der Waals surface area contributed by atoms with Crippen molar-refractivity contribution in [1.29, 1.82) is 0 Å². The summed E-state index contributed by atoms with van der Waals surface area (Å²) < 4.78 is 11.2. The van der Waals surface area contributed by atoms with Gasteiger partial charge in [0.15, 0.2) is 16.7 Å². The molecule has 0 spiro atoms. The Labute approximate surface area is 170 Å². The van der Waals surface area contributed by atoms with Crippen molar-refractivity contribution >= 4 is 34.6 Å². The number of aliphatic imine (C=N–C) groups is 1. The zero-order chi connectivity index (χ0) is 20.1. The summed E-state index contributed by atoms with van der Waals surface area (Å²) in [4.78, 5) is 20.0. The minimum absolute atomic E-state index is 0.0508. The third-order valence-electron chi connectivity index (χ3n) is 4.34. The Bertz CT molecular complexity index is 937. The molecule has 3 rings (SSSR count). The maximum Gasteiger partial charge on any atom is 0.266 e. The van der Waals surface area contributed by atoms with E-state index in [4.69, 9.17) is 14.5 Å². The van der Waals surface area contributed by atoms with E-state index in [1.165, 1.54) is 11.8 Å². The molecule has 6 heteroatoms. The van der Waals surface area contributed by atoms with E-state index in [9.17, 15) is 4.79 Å². The van der Waals surface area contributed by atoms with Crippen molar-refractivity contribution in [2.24, 2.45) is 4.99 Å². The fourth-order valence-electron chi connectivity index (χ4n) is 2.91. The molecule has 0 atom stereocenters. The van der Waals surface area contributed by atoms with Gasteiger partial charge in [0.25, 0.3) is 5.91 Å². The first-order chi connectivity index (χ1) is 13.6. The number of hydrogen-bond acceptors (Lipinski definition) is 5. The molecule has 1 aliphatic heterocycles. The van der Waals surface area contributed by atoms with Gasteiger partial charge in [0.05, 0.1) is 24.3 Å². The summed E-state index contributed by atoms with van der Waals surface area (Å²) in [6, 6.07) is 13.5. The summed E-state index contributed by atoms with van der Waals surface area (Å²) in [5.74, 6) is 1.23. The molecule has 146 valence electrons. The highest BCUT2D eigenvalue weighted by Gasteiger charge is 2.32. The van der Waals surface area contributed by atoms with Gasteiger partial charge in [0.1, 0.15) is 0 Å². The molecular formula is C22H24N2O3S. The second kappa shape index (κ2) is 8.97. The zero-order valence-electron chi connectivity index (χ0n) is 16.6. The van der Waals surface area contributed by atoms with Gasteiger partial charge in [-0.3, -0.25) is 9.69 Å². The number of hydrogen-bond donors (Lipinski definition) is 0. The molecule has 0 unspecified atom stereocenters. The van der Waals surface area contributed by atoms with Crippen LogP contribution in [-0.4, -0.2) is 36.2 Å². The molecule has 1 fully saturated rings. The Kier molecular flexibility index (Phi) is 6.41. The number of likely N-dealkylation sites (N-methyl/N-ethyl adjacent to an activating group) is 1. The highest BCUT2D eigenvalue weighted by Crippen LogP contribution is 2.38. The zero-order valence-corrected chi connectivity index (χ0v) is 17.4. The first kappa shape index (κ1) is 20.0. The number of methoxy groups -OCH3 is 1. The normalized spacial score (nSPS) is 16.9. The quantitative estimate of drug-likeness (QED) is 0.643. The molecule has 1 heterocycles. The van der Waals surface area contributed by atoms with Gasteiger partial charge in [-0.05, 0) is 56.3 Å². The Morgan fingerprint density at radius 1 is 1.14 bits per heavy atom. The minimum Gasteiger partial charge on any atom is -0.493 e. The average Bonchev–Trinajstić information content (AvgIpc) is 2.99. The lowest BCUT2D eigenvalue weighted by Crippen LogP contribution is -2.28. The lowest BCUT2D eigenvalue weighted by molar-refractivity contribution is -0.122. The van der Waals surface area contributed by atoms with Gasteiger partial charge in [-0.1, -0.05) is 30.3 Å². The van der Waals surface area contributed by atoms with Crippen LogP contribution in [0.2, 0.25) is 0 Å². The second-order valence-electron chi connectivity index (χ2n) is 6.15. The molecule has 2 aromatic rings. The van der Waals surface area contributed by atoms with Crippen molar-refractivity contribution in [2.45, 2.75) is 20.8 Å². The topological polar surface area (TPSA) is 51.1 Å². The van der Waals surface area contributed by atoms with Crippen LogP contribution in [0.1, 0.15) is 25.0 Å². The molecule has 5 nitrogen and oxygen atoms in total. The van der Waals surface area contributed by atoms with Crippen molar-refractivity contribution in [3.05, 3.63) is 58.5 Å². The summed E-state index contributed by atoms with van der Waals surface area (Å²) in [5, 5.41) is 0.689. The van der Waals surface area contributed by atoms with Crippen molar-refractivity contribution < 1.29 is 14.3 Å². The number of ether oxygens (including phenoxy) is 2. The van der Waals surface area contributed by atoms with Crippen molar-refractivity contribution in [2.75, 3.05) is 20.3 Å². The highest BCUT2D eigenvalue weighted by molar-refractivity contribution is 8.18. The molecular weight excluding hydrogens is 372 g/mol. The lowest BCUT2D eigenvalue weighted by Gasteiger charge is -2.13. The van der Waals surface area contributed by atoms with Gasteiger partial charge in [0, 0.05) is 12.1 Å². The minimum atomic E-state index is -0.0508. The first-order valence-electron chi connectivity index (χ1n) is 9.24. The van der Waals surface area contributed by atoms with E-state index in [1.54, 1.807) is 12.0 Å². The predicted octanol–water partition coefficient (Wildman–Crippen LogP) is 5.03. The number of carbonyl (C=O) groups is 1. The standard InChI is InChI=1S/C22H24N2O3S/c1-5-24-21(25)19(28-22(24)23-17-12-8-7-10-15(17)3)14-16-11-9-13-18(26-4)20(16)27-6-2/h7-14H,5-6H2,1-4H3/b19-14+,23-22?. The number of amidine groups is 1. The average molecular weight is 397 g/mol. The van der Waals surface area contributed by atoms with Gasteiger partial charge >= 0.3 is 0 Å². The Morgan fingerprint density at radius 3 is 2.61 bits per heavy atom. The SMILES string of the molecule is CCOc1c(/C=C2/SC(=Nc3ccccc3C)N(CC)C2=O)cccc1OC. The van der Waals surface area contributed by atoms with Crippen molar-refractivity contribution in [1.82, 2.24) is 4.90 Å². The van der Waals surface area contributed by atoms with Gasteiger partial charge in [-0.25, -0.2) is 4.99 Å². The molecule has 0 saturated carbocycles. The molecule has 0 radical (unpaired) electrons. The van der Waals surface area contributed by atoms with Gasteiger partial charge < -0.3 is 9.47 Å². The number of amides is 1. The van der Waals surface area contributed by atoms with Crippen LogP contribution >= 0.6 is 11.8 Å². The summed E-state index contributed by atoms with van der Waals surface area (Å²) in [7, 11) is 1.61. The van der Waals surface area contributed by atoms with Crippen LogP contribution in [0.3, 0.4) is 0 Å². The Hall–Kier alpha value is -2.73. The van der Waals surface area contributed by atoms with Gasteiger partial charge in [0.2, 0.25) is 0 Å². The van der Waals surface area contributed by atoms with Crippen LogP contribution in [0.15, 0.2) is 52.4 Å². The largest absolute Gasteiger partial charge is 0.493 e. The number of thioether (sulfide) groups is 1. The maximum absolute atomic E-state index is 12.9. The number of benzene rings is 2. The van der Waals surface area contributed by atoms with Crippen LogP contribution < -0.4 is 9.47 Å². The fourth-order valence-corrected chi connectivity index (χ4v) is 3.96. The van der Waals surface area contributed by atoms with Gasteiger partial charge in [-0.2, -0.15) is 0 Å². The second-order valence-corrected chi connectivity index (χ2v) is 7.16. The number of rotatable bonds is 6. The fraction of sp³-hybridized carbons (Fsp3) is 0.273. The van der Waals surface area contributed by atoms with Crippen molar-refractivity contribution in [3.63, 3.8) is 0 Å². The smallest absolute Gasteiger partial charge is 0.266 e. The third kappa shape index (κ3) is 4.07. The molecule has 2 aromatic carbocycles. The van der Waals surface area contributed by atoms with Crippen LogP contribution in [-0.2, 0) is 4.79 Å². The van der Waals surface area contributed by atoms with Crippen LogP contribution in [0.25, 0.3) is 6.08 Å². The number of nitrogens with zero attached hydrogens (tertiary/aromatic N) is 2. The summed E-state index contributed by atoms with van der Waals surface area (Å²) >= 11 is 1.38. The molecule has 0 aromatic heterocycles. The van der Waals surface area contributed by atoms with Gasteiger partial charge in [-0.15, -0.1) is 0 Å². The van der Waals surface area contributed by atoms with Crippen LogP contribution in [0.4, 0.5) is 5.69 Å². The van der Waals surface area contributed by atoms with Crippen LogP contribution in [0.5, 0.6) is 11.5 Å². The van der Waals surface area contributed by atoms with E-state index in [1.807, 2.05) is 69.3 Å². The Morgan fingerprint density at radius 2 is 1.93 bits per heavy atom. The molecule has 28 heavy (non-hydrogen) atoms. The van der Waals surface area contributed by atoms with Crippen LogP contribution in [0, 0.1) is 6.92 Å². The monoisotopic (exact) mass is 396 g/mol. The molecule has 0 aliphatic carbocycles. The predicted molar refractivity (Wildman–Crippen MR) is 115 cm³/mol. The van der Waals surface area contributed by atoms with E-state index in [0.717, 1.165) is 16.8 Å². The van der Waals surface area contributed by atoms with E-state index in [0.29, 0.717) is 34.7 Å². The van der Waals surface area contributed by atoms with E-state index in [-0.39, 0.29) is 5.91 Å². The maximum atomic E-state index is 12.9. The summed E-state index contributed by atoms with van der Waals surface area (Å²) in [5.41, 5.74) is 2.75. The molecule has 1 saturated heterocycles. The molecule has 1 aliphatic rings. The molecule has 1 amide bonds. The number of para-hydroxylation sites is 2. The molecule has 0 N–H and O–H groups in total.